The number of likely N-dealkylation sites (tertiary alicyclic amines) is 1. The van der Waals surface area contributed by atoms with E-state index in [-0.39, 0.29) is 6.04 Å². The Balaban J connectivity index is 1.97. The molecule has 1 aromatic rings. The summed E-state index contributed by atoms with van der Waals surface area (Å²) >= 11 is 0. The average molecular weight is 196 g/mol. The van der Waals surface area contributed by atoms with Crippen molar-refractivity contribution in [1.82, 2.24) is 15.0 Å². The van der Waals surface area contributed by atoms with Crippen LogP contribution in [0.5, 0.6) is 0 Å². The molecule has 2 N–H and O–H groups in total. The first-order valence-electron chi connectivity index (χ1n) is 5.01. The second-order valence-corrected chi connectivity index (χ2v) is 3.85. The lowest BCUT2D eigenvalue weighted by Gasteiger charge is -2.20. The Hall–Kier alpha value is -0.940. The van der Waals surface area contributed by atoms with Gasteiger partial charge < -0.3 is 10.3 Å². The zero-order valence-electron chi connectivity index (χ0n) is 8.39. The van der Waals surface area contributed by atoms with Crippen LogP contribution >= 0.6 is 0 Å². The first kappa shape index (κ1) is 9.61. The van der Waals surface area contributed by atoms with Gasteiger partial charge in [0.05, 0.1) is 6.04 Å². The summed E-state index contributed by atoms with van der Waals surface area (Å²) in [6.07, 6.45) is 2.56. The van der Waals surface area contributed by atoms with E-state index in [2.05, 4.69) is 22.0 Å². The van der Waals surface area contributed by atoms with Crippen LogP contribution in [0, 0.1) is 5.92 Å². The molecule has 0 spiro atoms. The van der Waals surface area contributed by atoms with Crippen LogP contribution in [0.15, 0.2) is 10.9 Å². The van der Waals surface area contributed by atoms with Crippen LogP contribution in [0.3, 0.4) is 0 Å². The van der Waals surface area contributed by atoms with Crippen molar-refractivity contribution < 1.29 is 4.52 Å². The molecule has 0 amide bonds. The summed E-state index contributed by atoms with van der Waals surface area (Å²) in [5.41, 5.74) is 5.64. The second kappa shape index (κ2) is 4.06. The van der Waals surface area contributed by atoms with Crippen molar-refractivity contribution in [3.8, 4) is 0 Å². The lowest BCUT2D eigenvalue weighted by Crippen LogP contribution is -2.26. The summed E-state index contributed by atoms with van der Waals surface area (Å²) in [5.74, 6) is 1.40. The summed E-state index contributed by atoms with van der Waals surface area (Å²) in [7, 11) is 0. The molecule has 0 saturated carbocycles. The van der Waals surface area contributed by atoms with Gasteiger partial charge in [0.1, 0.15) is 0 Å². The third-order valence-corrected chi connectivity index (χ3v) is 2.95. The summed E-state index contributed by atoms with van der Waals surface area (Å²) in [6.45, 7) is 5.00. The van der Waals surface area contributed by atoms with E-state index in [1.807, 2.05) is 0 Å². The van der Waals surface area contributed by atoms with Gasteiger partial charge in [-0.15, -0.1) is 0 Å². The lowest BCUT2D eigenvalue weighted by molar-refractivity contribution is 0.238. The Bertz CT molecular complexity index is 274. The number of hydrogen-bond acceptors (Lipinski definition) is 5. The molecule has 0 radical (unpaired) electrons. The number of rotatable bonds is 3. The third kappa shape index (κ3) is 1.78. The maximum Gasteiger partial charge on any atom is 0.213 e. The Kier molecular flexibility index (Phi) is 2.79. The van der Waals surface area contributed by atoms with E-state index in [0.717, 1.165) is 25.5 Å². The van der Waals surface area contributed by atoms with Gasteiger partial charge >= 0.3 is 0 Å². The third-order valence-electron chi connectivity index (χ3n) is 2.95. The minimum atomic E-state index is 0.241. The molecule has 0 aliphatic carbocycles. The second-order valence-electron chi connectivity index (χ2n) is 3.85. The summed E-state index contributed by atoms with van der Waals surface area (Å²) in [6, 6.07) is 0.241. The fourth-order valence-electron chi connectivity index (χ4n) is 1.93. The van der Waals surface area contributed by atoms with E-state index in [4.69, 9.17) is 10.3 Å². The molecule has 1 aliphatic rings. The Morgan fingerprint density at radius 1 is 1.79 bits per heavy atom. The van der Waals surface area contributed by atoms with Gasteiger partial charge in [-0.05, 0) is 32.4 Å². The molecule has 2 heterocycles. The molecule has 0 aromatic carbocycles. The molecule has 1 aromatic heterocycles. The van der Waals surface area contributed by atoms with Crippen molar-refractivity contribution in [1.29, 1.82) is 0 Å². The molecule has 2 atom stereocenters. The molecule has 2 rings (SSSR count). The van der Waals surface area contributed by atoms with Gasteiger partial charge in [-0.25, -0.2) is 0 Å². The van der Waals surface area contributed by atoms with Crippen molar-refractivity contribution in [2.45, 2.75) is 19.4 Å². The highest BCUT2D eigenvalue weighted by Crippen LogP contribution is 2.24. The smallest absolute Gasteiger partial charge is 0.213 e. The highest BCUT2D eigenvalue weighted by atomic mass is 16.5. The average Bonchev–Trinajstić information content (AvgIpc) is 2.88. The molecule has 5 nitrogen and oxygen atoms in total. The van der Waals surface area contributed by atoms with Gasteiger partial charge in [0.15, 0.2) is 5.82 Å². The van der Waals surface area contributed by atoms with Gasteiger partial charge in [-0.1, -0.05) is 5.16 Å². The van der Waals surface area contributed by atoms with Crippen LogP contribution in [-0.4, -0.2) is 34.7 Å². The summed E-state index contributed by atoms with van der Waals surface area (Å²) in [5, 5.41) is 3.85. The van der Waals surface area contributed by atoms with Crippen molar-refractivity contribution in [3.05, 3.63) is 12.2 Å². The van der Waals surface area contributed by atoms with Gasteiger partial charge in [0, 0.05) is 6.54 Å². The monoisotopic (exact) mass is 196 g/mol. The molecule has 14 heavy (non-hydrogen) atoms. The maximum atomic E-state index is 5.64. The predicted molar refractivity (Wildman–Crippen MR) is 51.4 cm³/mol. The van der Waals surface area contributed by atoms with E-state index >= 15 is 0 Å². The summed E-state index contributed by atoms with van der Waals surface area (Å²) < 4.78 is 4.74. The first-order valence-corrected chi connectivity index (χ1v) is 5.01. The molecule has 0 bridgehead atoms. The van der Waals surface area contributed by atoms with Crippen molar-refractivity contribution >= 4 is 0 Å². The fraction of sp³-hybridized carbons (Fsp3) is 0.778. The number of nitrogens with zero attached hydrogens (tertiary/aromatic N) is 3. The van der Waals surface area contributed by atoms with Crippen molar-refractivity contribution in [2.75, 3.05) is 19.6 Å². The zero-order valence-corrected chi connectivity index (χ0v) is 8.39. The SMILES string of the molecule is CC(c1ncon1)N1CCC(CN)C1. The minimum absolute atomic E-state index is 0.241. The molecule has 2 unspecified atom stereocenters. The Labute approximate surface area is 83.3 Å². The van der Waals surface area contributed by atoms with E-state index in [9.17, 15) is 0 Å². The normalized spacial score (nSPS) is 25.4. The standard InChI is InChI=1S/C9H16N4O/c1-7(9-11-6-14-12-9)13-3-2-8(4-10)5-13/h6-8H,2-5,10H2,1H3. The van der Waals surface area contributed by atoms with E-state index in [1.54, 1.807) is 0 Å². The highest BCUT2D eigenvalue weighted by Gasteiger charge is 2.27. The molecule has 1 aliphatic heterocycles. The fourth-order valence-corrected chi connectivity index (χ4v) is 1.93. The van der Waals surface area contributed by atoms with Gasteiger partial charge in [-0.2, -0.15) is 4.98 Å². The molecule has 1 saturated heterocycles. The van der Waals surface area contributed by atoms with Crippen molar-refractivity contribution in [2.24, 2.45) is 11.7 Å². The first-order chi connectivity index (χ1) is 6.81. The van der Waals surface area contributed by atoms with Crippen LogP contribution in [-0.2, 0) is 0 Å². The largest absolute Gasteiger partial charge is 0.343 e. The molecule has 1 fully saturated rings. The van der Waals surface area contributed by atoms with Gasteiger partial charge in [0.2, 0.25) is 6.39 Å². The number of hydrogen-bond donors (Lipinski definition) is 1. The topological polar surface area (TPSA) is 68.2 Å². The van der Waals surface area contributed by atoms with Gasteiger partial charge in [0.25, 0.3) is 0 Å². The maximum absolute atomic E-state index is 5.64. The van der Waals surface area contributed by atoms with Crippen LogP contribution in [0.2, 0.25) is 0 Å². The number of nitrogens with two attached hydrogens (primary N) is 1. The van der Waals surface area contributed by atoms with Crippen LogP contribution in [0.25, 0.3) is 0 Å². The van der Waals surface area contributed by atoms with E-state index in [1.165, 1.54) is 12.8 Å². The van der Waals surface area contributed by atoms with Crippen LogP contribution < -0.4 is 5.73 Å². The van der Waals surface area contributed by atoms with Gasteiger partial charge in [-0.3, -0.25) is 4.90 Å². The minimum Gasteiger partial charge on any atom is -0.343 e. The van der Waals surface area contributed by atoms with Crippen LogP contribution in [0.1, 0.15) is 25.2 Å². The zero-order chi connectivity index (χ0) is 9.97. The highest BCUT2D eigenvalue weighted by molar-refractivity contribution is 4.91. The predicted octanol–water partition coefficient (Wildman–Crippen LogP) is 0.411. The lowest BCUT2D eigenvalue weighted by atomic mass is 10.1. The van der Waals surface area contributed by atoms with Crippen LogP contribution in [0.4, 0.5) is 0 Å². The molecular formula is C9H16N4O. The molecular weight excluding hydrogens is 180 g/mol. The van der Waals surface area contributed by atoms with E-state index < -0.39 is 0 Å². The van der Waals surface area contributed by atoms with Crippen molar-refractivity contribution in [3.63, 3.8) is 0 Å². The summed E-state index contributed by atoms with van der Waals surface area (Å²) in [4.78, 5) is 6.41. The number of aromatic nitrogens is 2. The molecule has 5 heteroatoms. The molecule has 78 valence electrons. The Morgan fingerprint density at radius 3 is 3.21 bits per heavy atom. The quantitative estimate of drug-likeness (QED) is 0.758. The Morgan fingerprint density at radius 2 is 2.64 bits per heavy atom. The van der Waals surface area contributed by atoms with E-state index in [0.29, 0.717) is 5.92 Å².